The molecule has 1 atom stereocenters. The average molecular weight is 379 g/mol. The zero-order valence-corrected chi connectivity index (χ0v) is 17.3. The van der Waals surface area contributed by atoms with Gasteiger partial charge in [-0.05, 0) is 48.5 Å². The predicted octanol–water partition coefficient (Wildman–Crippen LogP) is 6.57. The molecule has 0 aliphatic rings. The van der Waals surface area contributed by atoms with Crippen LogP contribution in [0.25, 0.3) is 38.6 Å². The molecule has 0 fully saturated rings. The van der Waals surface area contributed by atoms with Crippen molar-refractivity contribution < 1.29 is 0 Å². The van der Waals surface area contributed by atoms with E-state index >= 15 is 0 Å². The highest BCUT2D eigenvalue weighted by Crippen LogP contribution is 2.36. The lowest BCUT2D eigenvalue weighted by atomic mass is 10.0. The Hall–Kier alpha value is -2.89. The summed E-state index contributed by atoms with van der Waals surface area (Å²) < 4.78 is 2.42. The standard InChI is InChI=1S/C26H22NP/c1-17-11-13-19(14-12-17)20-7-3-5-9-22(20)27-23-10-6-4-8-21(23)26-24(27)15-18(2)16-25(26)28/h3-16H,28H2,1-2H3. The number of aromatic nitrogens is 1. The molecule has 136 valence electrons. The van der Waals surface area contributed by atoms with Gasteiger partial charge in [-0.15, -0.1) is 9.24 Å². The van der Waals surface area contributed by atoms with Crippen molar-refractivity contribution >= 4 is 36.4 Å². The van der Waals surface area contributed by atoms with E-state index in [1.54, 1.807) is 0 Å². The van der Waals surface area contributed by atoms with Gasteiger partial charge in [0, 0.05) is 16.3 Å². The Labute approximate surface area is 167 Å². The maximum atomic E-state index is 2.93. The molecule has 1 unspecified atom stereocenters. The molecule has 0 N–H and O–H groups in total. The van der Waals surface area contributed by atoms with Crippen LogP contribution in [-0.4, -0.2) is 4.57 Å². The van der Waals surface area contributed by atoms with E-state index in [1.807, 2.05) is 0 Å². The molecule has 0 saturated carbocycles. The zero-order valence-electron chi connectivity index (χ0n) is 16.1. The van der Waals surface area contributed by atoms with Gasteiger partial charge in [-0.2, -0.15) is 0 Å². The second kappa shape index (κ2) is 6.62. The largest absolute Gasteiger partial charge is 0.309 e. The van der Waals surface area contributed by atoms with Gasteiger partial charge in [-0.1, -0.05) is 72.3 Å². The van der Waals surface area contributed by atoms with E-state index in [0.717, 1.165) is 0 Å². The summed E-state index contributed by atoms with van der Waals surface area (Å²) in [6.07, 6.45) is 0. The van der Waals surface area contributed by atoms with Crippen molar-refractivity contribution in [3.8, 4) is 16.8 Å². The van der Waals surface area contributed by atoms with Crippen LogP contribution in [0.3, 0.4) is 0 Å². The lowest BCUT2D eigenvalue weighted by Crippen LogP contribution is -1.99. The molecule has 28 heavy (non-hydrogen) atoms. The summed E-state index contributed by atoms with van der Waals surface area (Å²) in [6, 6.07) is 30.8. The van der Waals surface area contributed by atoms with Crippen LogP contribution in [0.4, 0.5) is 0 Å². The van der Waals surface area contributed by atoms with Gasteiger partial charge in [0.05, 0.1) is 16.7 Å². The Balaban J connectivity index is 1.92. The Morgan fingerprint density at radius 3 is 2.21 bits per heavy atom. The number of rotatable bonds is 2. The molecule has 1 nitrogen and oxygen atoms in total. The van der Waals surface area contributed by atoms with Crippen molar-refractivity contribution in [1.82, 2.24) is 4.57 Å². The van der Waals surface area contributed by atoms with Gasteiger partial charge in [0.25, 0.3) is 0 Å². The van der Waals surface area contributed by atoms with E-state index < -0.39 is 0 Å². The highest BCUT2D eigenvalue weighted by Gasteiger charge is 2.16. The smallest absolute Gasteiger partial charge is 0.0550 e. The number of hydrogen-bond acceptors (Lipinski definition) is 0. The van der Waals surface area contributed by atoms with Crippen molar-refractivity contribution in [3.63, 3.8) is 0 Å². The molecule has 0 radical (unpaired) electrons. The van der Waals surface area contributed by atoms with Gasteiger partial charge in [0.2, 0.25) is 0 Å². The molecule has 0 bridgehead atoms. The second-order valence-electron chi connectivity index (χ2n) is 7.48. The van der Waals surface area contributed by atoms with E-state index in [1.165, 1.54) is 55.1 Å². The monoisotopic (exact) mass is 379 g/mol. The van der Waals surface area contributed by atoms with Crippen LogP contribution in [0.1, 0.15) is 11.1 Å². The summed E-state index contributed by atoms with van der Waals surface area (Å²) >= 11 is 0. The van der Waals surface area contributed by atoms with Crippen molar-refractivity contribution in [1.29, 1.82) is 0 Å². The number of para-hydroxylation sites is 2. The van der Waals surface area contributed by atoms with E-state index in [0.29, 0.717) is 0 Å². The van der Waals surface area contributed by atoms with E-state index in [-0.39, 0.29) is 0 Å². The van der Waals surface area contributed by atoms with Gasteiger partial charge in [-0.3, -0.25) is 0 Å². The normalized spacial score (nSPS) is 11.4. The number of benzene rings is 4. The fraction of sp³-hybridized carbons (Fsp3) is 0.0769. The summed E-state index contributed by atoms with van der Waals surface area (Å²) in [6.45, 7) is 4.30. The van der Waals surface area contributed by atoms with Gasteiger partial charge >= 0.3 is 0 Å². The molecule has 0 amide bonds. The third-order valence-electron chi connectivity index (χ3n) is 5.46. The maximum Gasteiger partial charge on any atom is 0.0550 e. The lowest BCUT2D eigenvalue weighted by molar-refractivity contribution is 1.18. The summed E-state index contributed by atoms with van der Waals surface area (Å²) in [5, 5.41) is 3.85. The van der Waals surface area contributed by atoms with Gasteiger partial charge in [-0.25, -0.2) is 0 Å². The first kappa shape index (κ1) is 17.2. The zero-order chi connectivity index (χ0) is 19.3. The minimum Gasteiger partial charge on any atom is -0.309 e. The van der Waals surface area contributed by atoms with Crippen LogP contribution < -0.4 is 5.30 Å². The van der Waals surface area contributed by atoms with Crippen molar-refractivity contribution in [2.75, 3.05) is 0 Å². The first-order valence-corrected chi connectivity index (χ1v) is 10.2. The molecule has 0 aliphatic carbocycles. The molecular weight excluding hydrogens is 357 g/mol. The Morgan fingerprint density at radius 2 is 1.39 bits per heavy atom. The lowest BCUT2D eigenvalue weighted by Gasteiger charge is -2.14. The van der Waals surface area contributed by atoms with Crippen LogP contribution >= 0.6 is 9.24 Å². The molecular formula is C26H22NP. The van der Waals surface area contributed by atoms with Crippen LogP contribution in [-0.2, 0) is 0 Å². The minimum atomic E-state index is 1.22. The predicted molar refractivity (Wildman–Crippen MR) is 125 cm³/mol. The van der Waals surface area contributed by atoms with Crippen LogP contribution in [0.15, 0.2) is 84.9 Å². The van der Waals surface area contributed by atoms with E-state index in [2.05, 4.69) is 113 Å². The summed E-state index contributed by atoms with van der Waals surface area (Å²) in [5.74, 6) is 0. The molecule has 1 aromatic heterocycles. The maximum absolute atomic E-state index is 2.93. The fourth-order valence-corrected chi connectivity index (χ4v) is 4.75. The highest BCUT2D eigenvalue weighted by molar-refractivity contribution is 7.28. The van der Waals surface area contributed by atoms with Crippen LogP contribution in [0.2, 0.25) is 0 Å². The van der Waals surface area contributed by atoms with E-state index in [9.17, 15) is 0 Å². The number of hydrogen-bond donors (Lipinski definition) is 0. The van der Waals surface area contributed by atoms with Gasteiger partial charge in [0.15, 0.2) is 0 Å². The second-order valence-corrected chi connectivity index (χ2v) is 8.11. The first-order chi connectivity index (χ1) is 13.6. The topological polar surface area (TPSA) is 4.93 Å². The average Bonchev–Trinajstić information content (AvgIpc) is 3.02. The van der Waals surface area contributed by atoms with Crippen molar-refractivity contribution in [3.05, 3.63) is 96.1 Å². The van der Waals surface area contributed by atoms with Crippen LogP contribution in [0, 0.1) is 13.8 Å². The molecule has 2 heteroatoms. The highest BCUT2D eigenvalue weighted by atomic mass is 31.0. The van der Waals surface area contributed by atoms with Gasteiger partial charge < -0.3 is 4.57 Å². The molecule has 0 saturated heterocycles. The quantitative estimate of drug-likeness (QED) is 0.306. The Morgan fingerprint density at radius 1 is 0.679 bits per heavy atom. The number of aryl methyl sites for hydroxylation is 2. The SMILES string of the molecule is Cc1ccc(-c2ccccc2-n2c3ccccc3c3c(P)cc(C)cc32)cc1. The Kier molecular flexibility index (Phi) is 4.07. The van der Waals surface area contributed by atoms with Crippen molar-refractivity contribution in [2.24, 2.45) is 0 Å². The molecule has 0 aliphatic heterocycles. The summed E-state index contributed by atoms with van der Waals surface area (Å²) in [5.41, 5.74) is 8.75. The fourth-order valence-electron chi connectivity index (χ4n) is 4.18. The molecule has 0 spiro atoms. The summed E-state index contributed by atoms with van der Waals surface area (Å²) in [4.78, 5) is 0. The van der Waals surface area contributed by atoms with Crippen LogP contribution in [0.5, 0.6) is 0 Å². The van der Waals surface area contributed by atoms with Gasteiger partial charge in [0.1, 0.15) is 0 Å². The molecule has 5 aromatic rings. The number of nitrogens with zero attached hydrogens (tertiary/aromatic N) is 1. The third kappa shape index (κ3) is 2.66. The molecule has 5 rings (SSSR count). The van der Waals surface area contributed by atoms with Crippen molar-refractivity contribution in [2.45, 2.75) is 13.8 Å². The third-order valence-corrected chi connectivity index (χ3v) is 5.91. The van der Waals surface area contributed by atoms with E-state index in [4.69, 9.17) is 0 Å². The molecule has 1 heterocycles. The summed E-state index contributed by atoms with van der Waals surface area (Å²) in [7, 11) is 2.93. The number of fused-ring (bicyclic) bond motifs is 3. The Bertz CT molecular complexity index is 1330. The minimum absolute atomic E-state index is 1.22. The first-order valence-electron chi connectivity index (χ1n) is 9.59. The molecule has 4 aromatic carbocycles.